The van der Waals surface area contributed by atoms with Crippen LogP contribution in [0.2, 0.25) is 0 Å². The van der Waals surface area contributed by atoms with Crippen LogP contribution in [0.5, 0.6) is 0 Å². The van der Waals surface area contributed by atoms with Crippen LogP contribution in [0, 0.1) is 17.3 Å². The number of esters is 1. The Morgan fingerprint density at radius 2 is 2.15 bits per heavy atom. The number of fused-ring (bicyclic) bond motifs is 1. The number of ether oxygens (including phenoxy) is 1. The Morgan fingerprint density at radius 1 is 1.42 bits per heavy atom. The van der Waals surface area contributed by atoms with Crippen molar-refractivity contribution in [3.8, 4) is 0 Å². The minimum atomic E-state index is -0.867. The number of hydrogen-bond donors (Lipinski definition) is 1. The van der Waals surface area contributed by atoms with E-state index in [-0.39, 0.29) is 23.0 Å². The van der Waals surface area contributed by atoms with Crippen LogP contribution in [0.25, 0.3) is 0 Å². The summed E-state index contributed by atoms with van der Waals surface area (Å²) in [5.41, 5.74) is 1.94. The molecule has 0 spiro atoms. The fourth-order valence-electron chi connectivity index (χ4n) is 4.85. The first-order valence-corrected chi connectivity index (χ1v) is 9.01. The van der Waals surface area contributed by atoms with Crippen molar-refractivity contribution in [2.24, 2.45) is 17.3 Å². The van der Waals surface area contributed by atoms with Gasteiger partial charge in [0, 0.05) is 13.3 Å². The van der Waals surface area contributed by atoms with E-state index in [0.717, 1.165) is 18.4 Å². The Balaban J connectivity index is 1.90. The van der Waals surface area contributed by atoms with Gasteiger partial charge in [0.15, 0.2) is 5.78 Å². The highest BCUT2D eigenvalue weighted by molar-refractivity contribution is 5.96. The number of allylic oxidation sites excluding steroid dienone is 1. The zero-order valence-corrected chi connectivity index (χ0v) is 15.4. The molecule has 5 heteroatoms. The Labute approximate surface area is 153 Å². The maximum absolute atomic E-state index is 12.7. The molecular formula is C21H26O5. The third-order valence-corrected chi connectivity index (χ3v) is 6.21. The number of ketones is 1. The summed E-state index contributed by atoms with van der Waals surface area (Å²) in [6.07, 6.45) is 3.89. The number of hydrogen-bond acceptors (Lipinski definition) is 5. The van der Waals surface area contributed by atoms with Gasteiger partial charge in [0.2, 0.25) is 0 Å². The summed E-state index contributed by atoms with van der Waals surface area (Å²) in [7, 11) is 0. The second kappa shape index (κ2) is 6.88. The summed E-state index contributed by atoms with van der Waals surface area (Å²) < 4.78 is 10.4. The van der Waals surface area contributed by atoms with Crippen molar-refractivity contribution in [1.29, 1.82) is 0 Å². The molecule has 1 aromatic rings. The molecule has 0 aliphatic heterocycles. The van der Waals surface area contributed by atoms with E-state index in [1.165, 1.54) is 19.5 Å². The maximum Gasteiger partial charge on any atom is 0.303 e. The third-order valence-electron chi connectivity index (χ3n) is 6.21. The van der Waals surface area contributed by atoms with Crippen molar-refractivity contribution in [3.05, 3.63) is 48.5 Å². The predicted octanol–water partition coefficient (Wildman–Crippen LogP) is 3.69. The topological polar surface area (TPSA) is 76.7 Å². The molecule has 1 heterocycles. The molecule has 1 N–H and O–H groups in total. The largest absolute Gasteiger partial charge is 0.472 e. The standard InChI is InChI=1S/C21H26O5/c1-12-5-6-16-13(2)20(24)19(26-14(3)22)10-21(16,4)17(12)9-18(23)15-7-8-25-11-15/h7-8,11,16-17,19-20,24H,1-2,5-6,9-10H2,3-4H3/t16-,17-,19-,20+,21-/m1/s1. The minimum Gasteiger partial charge on any atom is -0.472 e. The summed E-state index contributed by atoms with van der Waals surface area (Å²) in [4.78, 5) is 24.1. The highest BCUT2D eigenvalue weighted by atomic mass is 16.6. The van der Waals surface area contributed by atoms with E-state index in [0.29, 0.717) is 24.0 Å². The minimum absolute atomic E-state index is 0.00699. The van der Waals surface area contributed by atoms with E-state index >= 15 is 0 Å². The molecule has 0 saturated heterocycles. The lowest BCUT2D eigenvalue weighted by Crippen LogP contribution is -2.53. The molecular weight excluding hydrogens is 332 g/mol. The number of rotatable bonds is 4. The van der Waals surface area contributed by atoms with E-state index in [9.17, 15) is 14.7 Å². The van der Waals surface area contributed by atoms with Gasteiger partial charge in [0.25, 0.3) is 0 Å². The SMILES string of the molecule is C=C1CC[C@@H]2C(=C)[C@H](O)[C@H](OC(C)=O)C[C@@]2(C)[C@@H]1CC(=O)c1ccoc1. The second-order valence-electron chi connectivity index (χ2n) is 7.82. The van der Waals surface area contributed by atoms with Crippen molar-refractivity contribution < 1.29 is 23.8 Å². The second-order valence-corrected chi connectivity index (χ2v) is 7.82. The van der Waals surface area contributed by atoms with Gasteiger partial charge in [-0.25, -0.2) is 0 Å². The van der Waals surface area contributed by atoms with E-state index in [1.54, 1.807) is 6.07 Å². The van der Waals surface area contributed by atoms with Gasteiger partial charge < -0.3 is 14.3 Å². The van der Waals surface area contributed by atoms with Crippen molar-refractivity contribution in [3.63, 3.8) is 0 Å². The number of furan rings is 1. The molecule has 2 aliphatic rings. The van der Waals surface area contributed by atoms with Gasteiger partial charge >= 0.3 is 5.97 Å². The molecule has 5 nitrogen and oxygen atoms in total. The molecule has 0 radical (unpaired) electrons. The van der Waals surface area contributed by atoms with E-state index in [1.807, 2.05) is 0 Å². The summed E-state index contributed by atoms with van der Waals surface area (Å²) >= 11 is 0. The number of carbonyl (C=O) groups is 2. The summed E-state index contributed by atoms with van der Waals surface area (Å²) in [5, 5.41) is 10.5. The van der Waals surface area contributed by atoms with Gasteiger partial charge in [-0.2, -0.15) is 0 Å². The van der Waals surface area contributed by atoms with Gasteiger partial charge in [0.1, 0.15) is 18.5 Å². The van der Waals surface area contributed by atoms with E-state index in [2.05, 4.69) is 20.1 Å². The van der Waals surface area contributed by atoms with Crippen LogP contribution < -0.4 is 0 Å². The Hall–Kier alpha value is -2.14. The van der Waals surface area contributed by atoms with Crippen molar-refractivity contribution in [2.45, 2.75) is 51.7 Å². The highest BCUT2D eigenvalue weighted by Crippen LogP contribution is 2.57. The third kappa shape index (κ3) is 3.16. The summed E-state index contributed by atoms with van der Waals surface area (Å²) in [5.74, 6) is -0.417. The molecule has 0 aromatic carbocycles. The molecule has 3 rings (SSSR count). The van der Waals surface area contributed by atoms with Crippen LogP contribution in [0.15, 0.2) is 47.3 Å². The fourth-order valence-corrected chi connectivity index (χ4v) is 4.85. The van der Waals surface area contributed by atoms with E-state index in [4.69, 9.17) is 9.15 Å². The maximum atomic E-state index is 12.7. The molecule has 1 aromatic heterocycles. The van der Waals surface area contributed by atoms with Gasteiger partial charge in [-0.05, 0) is 48.2 Å². The molecule has 2 fully saturated rings. The lowest BCUT2D eigenvalue weighted by molar-refractivity contribution is -0.159. The van der Waals surface area contributed by atoms with Gasteiger partial charge in [-0.3, -0.25) is 9.59 Å². The lowest BCUT2D eigenvalue weighted by atomic mass is 9.51. The average Bonchev–Trinajstić information content (AvgIpc) is 3.10. The number of aliphatic hydroxyl groups is 1. The summed E-state index contributed by atoms with van der Waals surface area (Å²) in [6, 6.07) is 1.67. The van der Waals surface area contributed by atoms with Crippen LogP contribution in [0.4, 0.5) is 0 Å². The first kappa shape index (κ1) is 18.6. The van der Waals surface area contributed by atoms with Crippen molar-refractivity contribution in [2.75, 3.05) is 0 Å². The zero-order chi connectivity index (χ0) is 19.1. The lowest BCUT2D eigenvalue weighted by Gasteiger charge is -2.55. The molecule has 140 valence electrons. The molecule has 0 bridgehead atoms. The van der Waals surface area contributed by atoms with Crippen molar-refractivity contribution in [1.82, 2.24) is 0 Å². The first-order chi connectivity index (χ1) is 12.2. The molecule has 2 aliphatic carbocycles. The molecule has 0 amide bonds. The van der Waals surface area contributed by atoms with Crippen LogP contribution in [-0.4, -0.2) is 29.1 Å². The molecule has 26 heavy (non-hydrogen) atoms. The normalized spacial score (nSPS) is 34.3. The number of carbonyl (C=O) groups excluding carboxylic acids is 2. The zero-order valence-electron chi connectivity index (χ0n) is 15.4. The van der Waals surface area contributed by atoms with Crippen molar-refractivity contribution >= 4 is 11.8 Å². The van der Waals surface area contributed by atoms with E-state index < -0.39 is 18.2 Å². The summed E-state index contributed by atoms with van der Waals surface area (Å²) in [6.45, 7) is 11.8. The van der Waals surface area contributed by atoms with Crippen LogP contribution in [0.3, 0.4) is 0 Å². The Bertz CT molecular complexity index is 732. The predicted molar refractivity (Wildman–Crippen MR) is 96.4 cm³/mol. The van der Waals surface area contributed by atoms with Crippen LogP contribution >= 0.6 is 0 Å². The number of aliphatic hydroxyl groups excluding tert-OH is 1. The van der Waals surface area contributed by atoms with Gasteiger partial charge in [0.05, 0.1) is 11.8 Å². The van der Waals surface area contributed by atoms with Gasteiger partial charge in [-0.1, -0.05) is 25.7 Å². The Morgan fingerprint density at radius 3 is 2.77 bits per heavy atom. The highest BCUT2D eigenvalue weighted by Gasteiger charge is 2.54. The molecule has 0 unspecified atom stereocenters. The smallest absolute Gasteiger partial charge is 0.303 e. The fraction of sp³-hybridized carbons (Fsp3) is 0.524. The first-order valence-electron chi connectivity index (χ1n) is 9.01. The quantitative estimate of drug-likeness (QED) is 0.505. The number of Topliss-reactive ketones (excluding diaryl/α,β-unsaturated/α-hetero) is 1. The average molecular weight is 358 g/mol. The monoisotopic (exact) mass is 358 g/mol. The molecule has 5 atom stereocenters. The van der Waals surface area contributed by atoms with Gasteiger partial charge in [-0.15, -0.1) is 0 Å². The van der Waals surface area contributed by atoms with Crippen LogP contribution in [0.1, 0.15) is 49.9 Å². The molecule has 2 saturated carbocycles. The van der Waals surface area contributed by atoms with Crippen LogP contribution in [-0.2, 0) is 9.53 Å². The Kier molecular flexibility index (Phi) is 4.93.